The highest BCUT2D eigenvalue weighted by atomic mass is 15.2. The Balaban J connectivity index is 1.59. The molecule has 0 radical (unpaired) electrons. The molecular formula is C12H16N4. The molecular weight excluding hydrogens is 200 g/mol. The van der Waals surface area contributed by atoms with Crippen LogP contribution in [0.5, 0.6) is 0 Å². The molecule has 0 atom stereocenters. The summed E-state index contributed by atoms with van der Waals surface area (Å²) >= 11 is 0. The van der Waals surface area contributed by atoms with Crippen LogP contribution in [-0.2, 0) is 12.8 Å². The lowest BCUT2D eigenvalue weighted by molar-refractivity contribution is 0.668. The van der Waals surface area contributed by atoms with Gasteiger partial charge in [-0.3, -0.25) is 5.10 Å². The van der Waals surface area contributed by atoms with Crippen LogP contribution in [0.4, 0.5) is 0 Å². The average molecular weight is 216 g/mol. The Morgan fingerprint density at radius 1 is 1.06 bits per heavy atom. The predicted octanol–water partition coefficient (Wildman–Crippen LogP) is 1.18. The zero-order chi connectivity index (χ0) is 11.1. The van der Waals surface area contributed by atoms with E-state index in [4.69, 9.17) is 0 Å². The van der Waals surface area contributed by atoms with E-state index in [1.165, 1.54) is 5.56 Å². The molecule has 0 aliphatic carbocycles. The van der Waals surface area contributed by atoms with E-state index in [1.807, 2.05) is 6.07 Å². The first-order chi connectivity index (χ1) is 7.95. The summed E-state index contributed by atoms with van der Waals surface area (Å²) in [6, 6.07) is 10.5. The van der Waals surface area contributed by atoms with Crippen LogP contribution in [0.2, 0.25) is 0 Å². The van der Waals surface area contributed by atoms with Gasteiger partial charge >= 0.3 is 0 Å². The maximum Gasteiger partial charge on any atom is 0.137 e. The van der Waals surface area contributed by atoms with E-state index in [1.54, 1.807) is 6.33 Å². The van der Waals surface area contributed by atoms with Crippen molar-refractivity contribution in [3.05, 3.63) is 48.0 Å². The van der Waals surface area contributed by atoms with E-state index in [0.717, 1.165) is 31.8 Å². The molecule has 0 saturated carbocycles. The van der Waals surface area contributed by atoms with Crippen molar-refractivity contribution in [2.75, 3.05) is 13.1 Å². The molecule has 84 valence electrons. The van der Waals surface area contributed by atoms with Gasteiger partial charge in [0.1, 0.15) is 12.2 Å². The maximum absolute atomic E-state index is 4.07. The van der Waals surface area contributed by atoms with E-state index in [9.17, 15) is 0 Å². The first-order valence-electron chi connectivity index (χ1n) is 5.54. The largest absolute Gasteiger partial charge is 0.316 e. The Morgan fingerprint density at radius 2 is 1.88 bits per heavy atom. The van der Waals surface area contributed by atoms with E-state index in [-0.39, 0.29) is 0 Å². The number of H-pyrrole nitrogens is 1. The van der Waals surface area contributed by atoms with Crippen LogP contribution < -0.4 is 5.32 Å². The highest BCUT2D eigenvalue weighted by molar-refractivity contribution is 5.14. The third-order valence-corrected chi connectivity index (χ3v) is 2.44. The minimum atomic E-state index is 0.898. The van der Waals surface area contributed by atoms with Crippen molar-refractivity contribution in [1.82, 2.24) is 20.5 Å². The van der Waals surface area contributed by atoms with E-state index < -0.39 is 0 Å². The van der Waals surface area contributed by atoms with Crippen molar-refractivity contribution in [3.63, 3.8) is 0 Å². The fourth-order valence-corrected chi connectivity index (χ4v) is 1.56. The molecule has 2 N–H and O–H groups in total. The fourth-order valence-electron chi connectivity index (χ4n) is 1.56. The minimum absolute atomic E-state index is 0.898. The molecule has 0 aliphatic rings. The summed E-state index contributed by atoms with van der Waals surface area (Å²) in [6.45, 7) is 1.93. The molecule has 1 aromatic heterocycles. The Morgan fingerprint density at radius 3 is 2.62 bits per heavy atom. The average Bonchev–Trinajstić information content (AvgIpc) is 2.83. The molecule has 2 rings (SSSR count). The van der Waals surface area contributed by atoms with Crippen LogP contribution >= 0.6 is 0 Å². The molecule has 0 saturated heterocycles. The van der Waals surface area contributed by atoms with Crippen molar-refractivity contribution in [3.8, 4) is 0 Å². The lowest BCUT2D eigenvalue weighted by Gasteiger charge is -2.03. The predicted molar refractivity (Wildman–Crippen MR) is 63.1 cm³/mol. The Labute approximate surface area is 95.1 Å². The summed E-state index contributed by atoms with van der Waals surface area (Å²) in [4.78, 5) is 4.07. The number of aromatic nitrogens is 3. The van der Waals surface area contributed by atoms with Crippen LogP contribution in [0.3, 0.4) is 0 Å². The van der Waals surface area contributed by atoms with Gasteiger partial charge in [0.25, 0.3) is 0 Å². The van der Waals surface area contributed by atoms with Crippen molar-refractivity contribution in [2.24, 2.45) is 0 Å². The second-order valence-electron chi connectivity index (χ2n) is 3.67. The van der Waals surface area contributed by atoms with Gasteiger partial charge in [-0.1, -0.05) is 30.3 Å². The number of benzene rings is 1. The molecule has 0 aliphatic heterocycles. The quantitative estimate of drug-likeness (QED) is 0.713. The molecule has 0 fully saturated rings. The molecule has 1 heterocycles. The molecule has 0 bridgehead atoms. The summed E-state index contributed by atoms with van der Waals surface area (Å²) in [5, 5.41) is 10.0. The Bertz CT molecular complexity index is 383. The summed E-state index contributed by atoms with van der Waals surface area (Å²) in [7, 11) is 0. The molecule has 1 aromatic carbocycles. The normalized spacial score (nSPS) is 10.5. The lowest BCUT2D eigenvalue weighted by atomic mass is 10.1. The number of rotatable bonds is 6. The first kappa shape index (κ1) is 10.8. The van der Waals surface area contributed by atoms with Crippen LogP contribution in [0.15, 0.2) is 36.7 Å². The third-order valence-electron chi connectivity index (χ3n) is 2.44. The number of hydrogen-bond donors (Lipinski definition) is 2. The zero-order valence-electron chi connectivity index (χ0n) is 9.19. The molecule has 2 aromatic rings. The van der Waals surface area contributed by atoms with Gasteiger partial charge in [-0.05, 0) is 18.5 Å². The first-order valence-corrected chi connectivity index (χ1v) is 5.54. The van der Waals surface area contributed by atoms with Gasteiger partial charge in [0.15, 0.2) is 0 Å². The van der Waals surface area contributed by atoms with Gasteiger partial charge in [-0.15, -0.1) is 0 Å². The Hall–Kier alpha value is -1.68. The van der Waals surface area contributed by atoms with Crippen LogP contribution in [0, 0.1) is 0 Å². The van der Waals surface area contributed by atoms with Gasteiger partial charge in [-0.2, -0.15) is 5.10 Å². The molecule has 16 heavy (non-hydrogen) atoms. The van der Waals surface area contributed by atoms with E-state index >= 15 is 0 Å². The second-order valence-corrected chi connectivity index (χ2v) is 3.67. The maximum atomic E-state index is 4.07. The highest BCUT2D eigenvalue weighted by Gasteiger charge is 1.95. The van der Waals surface area contributed by atoms with Crippen molar-refractivity contribution >= 4 is 0 Å². The van der Waals surface area contributed by atoms with Crippen LogP contribution in [-0.4, -0.2) is 28.3 Å². The zero-order valence-corrected chi connectivity index (χ0v) is 9.19. The smallest absolute Gasteiger partial charge is 0.137 e. The van der Waals surface area contributed by atoms with Crippen molar-refractivity contribution < 1.29 is 0 Å². The van der Waals surface area contributed by atoms with Gasteiger partial charge in [0, 0.05) is 13.0 Å². The van der Waals surface area contributed by atoms with Crippen molar-refractivity contribution in [1.29, 1.82) is 0 Å². The van der Waals surface area contributed by atoms with Crippen LogP contribution in [0.1, 0.15) is 11.4 Å². The van der Waals surface area contributed by atoms with Gasteiger partial charge in [0.05, 0.1) is 0 Å². The van der Waals surface area contributed by atoms with E-state index in [2.05, 4.69) is 44.8 Å². The van der Waals surface area contributed by atoms with Gasteiger partial charge in [0.2, 0.25) is 0 Å². The number of hydrogen-bond acceptors (Lipinski definition) is 3. The minimum Gasteiger partial charge on any atom is -0.316 e. The molecule has 4 nitrogen and oxygen atoms in total. The second kappa shape index (κ2) is 6.02. The van der Waals surface area contributed by atoms with Crippen LogP contribution in [0.25, 0.3) is 0 Å². The van der Waals surface area contributed by atoms with E-state index in [0.29, 0.717) is 0 Å². The summed E-state index contributed by atoms with van der Waals surface area (Å²) in [6.07, 6.45) is 3.51. The third kappa shape index (κ3) is 3.47. The number of nitrogens with zero attached hydrogens (tertiary/aromatic N) is 2. The van der Waals surface area contributed by atoms with Gasteiger partial charge < -0.3 is 5.32 Å². The Kier molecular flexibility index (Phi) is 4.08. The SMILES string of the molecule is c1ccc(CCNCCc2ncn[nH]2)cc1. The standard InChI is InChI=1S/C12H16N4/c1-2-4-11(5-3-1)6-8-13-9-7-12-14-10-15-16-12/h1-5,10,13H,6-9H2,(H,14,15,16). The summed E-state index contributed by atoms with van der Waals surface area (Å²) in [5.41, 5.74) is 1.37. The number of nitrogens with one attached hydrogen (secondary N) is 2. The molecule has 4 heteroatoms. The highest BCUT2D eigenvalue weighted by Crippen LogP contribution is 1.98. The fraction of sp³-hybridized carbons (Fsp3) is 0.333. The number of aromatic amines is 1. The molecule has 0 amide bonds. The molecule has 0 spiro atoms. The van der Waals surface area contributed by atoms with Crippen molar-refractivity contribution in [2.45, 2.75) is 12.8 Å². The monoisotopic (exact) mass is 216 g/mol. The summed E-state index contributed by atoms with van der Waals surface area (Å²) in [5.74, 6) is 0.937. The lowest BCUT2D eigenvalue weighted by Crippen LogP contribution is -2.20. The molecule has 0 unspecified atom stereocenters. The summed E-state index contributed by atoms with van der Waals surface area (Å²) < 4.78 is 0. The topological polar surface area (TPSA) is 53.6 Å². The van der Waals surface area contributed by atoms with Gasteiger partial charge in [-0.25, -0.2) is 4.98 Å².